The van der Waals surface area contributed by atoms with Gasteiger partial charge in [0.25, 0.3) is 0 Å². The third-order valence-electron chi connectivity index (χ3n) is 3.41. The molecule has 0 spiro atoms. The molecule has 19 heavy (non-hydrogen) atoms. The number of hydrogen-bond acceptors (Lipinski definition) is 5. The summed E-state index contributed by atoms with van der Waals surface area (Å²) in [5.41, 5.74) is 4.73. The van der Waals surface area contributed by atoms with Crippen LogP contribution in [0.4, 0.5) is 5.82 Å². The predicted octanol–water partition coefficient (Wildman–Crippen LogP) is 0.589. The fraction of sp³-hybridized carbons (Fsp3) is 0.583. The Bertz CT molecular complexity index is 557. The van der Waals surface area contributed by atoms with Gasteiger partial charge in [0.15, 0.2) is 0 Å². The molecule has 1 atom stereocenters. The van der Waals surface area contributed by atoms with E-state index in [4.69, 9.17) is 5.73 Å². The summed E-state index contributed by atoms with van der Waals surface area (Å²) in [4.78, 5) is 3.95. The fourth-order valence-corrected chi connectivity index (χ4v) is 3.72. The van der Waals surface area contributed by atoms with Gasteiger partial charge in [-0.05, 0) is 32.3 Å². The third kappa shape index (κ3) is 3.23. The van der Waals surface area contributed by atoms with E-state index in [2.05, 4.69) is 4.98 Å². The number of nitrogens with zero attached hydrogens (tertiary/aromatic N) is 2. The Morgan fingerprint density at radius 3 is 2.84 bits per heavy atom. The van der Waals surface area contributed by atoms with E-state index >= 15 is 0 Å². The van der Waals surface area contributed by atoms with E-state index in [1.165, 1.54) is 22.6 Å². The number of anilines is 1. The molecule has 7 heteroatoms. The quantitative estimate of drug-likeness (QED) is 0.829. The first-order valence-electron chi connectivity index (χ1n) is 6.25. The predicted molar refractivity (Wildman–Crippen MR) is 71.9 cm³/mol. The lowest BCUT2D eigenvalue weighted by molar-refractivity contribution is 0.0465. The largest absolute Gasteiger partial charge is 0.390 e. The second-order valence-corrected chi connectivity index (χ2v) is 7.11. The van der Waals surface area contributed by atoms with Crippen molar-refractivity contribution >= 4 is 15.8 Å². The molecule has 2 heterocycles. The normalized spacial score (nSPS) is 26.0. The van der Waals surface area contributed by atoms with Gasteiger partial charge in [0.05, 0.1) is 10.5 Å². The smallest absolute Gasteiger partial charge is 0.243 e. The van der Waals surface area contributed by atoms with Crippen molar-refractivity contribution in [2.45, 2.75) is 36.7 Å². The first kappa shape index (κ1) is 14.2. The van der Waals surface area contributed by atoms with Gasteiger partial charge in [-0.1, -0.05) is 0 Å². The number of aliphatic hydroxyl groups is 1. The molecule has 0 aromatic carbocycles. The van der Waals surface area contributed by atoms with Crippen LogP contribution in [0.5, 0.6) is 0 Å². The summed E-state index contributed by atoms with van der Waals surface area (Å²) in [6, 6.07) is 2.80. The first-order valence-corrected chi connectivity index (χ1v) is 7.69. The Labute approximate surface area is 113 Å². The molecular formula is C12H19N3O3S. The molecule has 1 fully saturated rings. The standard InChI is InChI=1S/C12H19N3O3S/c1-12(16)4-2-7-15(8-5-12)19(17,18)10-3-6-14-11(13)9-10/h3,6,9,16H,2,4-5,7-8H2,1H3,(H2,13,14). The van der Waals surface area contributed by atoms with Gasteiger partial charge < -0.3 is 10.8 Å². The SMILES string of the molecule is CC1(O)CCCN(S(=O)(=O)c2ccnc(N)c2)CC1. The van der Waals surface area contributed by atoms with Crippen molar-refractivity contribution in [1.82, 2.24) is 9.29 Å². The van der Waals surface area contributed by atoms with Crippen LogP contribution >= 0.6 is 0 Å². The van der Waals surface area contributed by atoms with Gasteiger partial charge in [-0.3, -0.25) is 0 Å². The van der Waals surface area contributed by atoms with Gasteiger partial charge in [-0.15, -0.1) is 0 Å². The van der Waals surface area contributed by atoms with E-state index in [9.17, 15) is 13.5 Å². The van der Waals surface area contributed by atoms with Gasteiger partial charge in [0.1, 0.15) is 5.82 Å². The van der Waals surface area contributed by atoms with Crippen LogP contribution in [0.25, 0.3) is 0 Å². The molecular weight excluding hydrogens is 266 g/mol. The molecule has 2 rings (SSSR count). The summed E-state index contributed by atoms with van der Waals surface area (Å²) in [6.45, 7) is 2.48. The minimum atomic E-state index is -3.56. The van der Waals surface area contributed by atoms with Gasteiger partial charge in [-0.25, -0.2) is 13.4 Å². The van der Waals surface area contributed by atoms with Crippen LogP contribution in [0.1, 0.15) is 26.2 Å². The number of hydrogen-bond donors (Lipinski definition) is 2. The zero-order valence-corrected chi connectivity index (χ0v) is 11.7. The Morgan fingerprint density at radius 2 is 2.16 bits per heavy atom. The van der Waals surface area contributed by atoms with Crippen molar-refractivity contribution in [2.75, 3.05) is 18.8 Å². The molecule has 6 nitrogen and oxygen atoms in total. The maximum Gasteiger partial charge on any atom is 0.243 e. The lowest BCUT2D eigenvalue weighted by Crippen LogP contribution is -2.33. The summed E-state index contributed by atoms with van der Waals surface area (Å²) in [5.74, 6) is 0.183. The monoisotopic (exact) mass is 285 g/mol. The topological polar surface area (TPSA) is 96.5 Å². The van der Waals surface area contributed by atoms with Crippen LogP contribution in [0, 0.1) is 0 Å². The molecule has 106 valence electrons. The van der Waals surface area contributed by atoms with Crippen LogP contribution in [0.15, 0.2) is 23.2 Å². The molecule has 0 amide bonds. The first-order chi connectivity index (χ1) is 8.81. The highest BCUT2D eigenvalue weighted by atomic mass is 32.2. The fourth-order valence-electron chi connectivity index (χ4n) is 2.22. The summed E-state index contributed by atoms with van der Waals surface area (Å²) in [7, 11) is -3.56. The molecule has 0 radical (unpaired) electrons. The van der Waals surface area contributed by atoms with Crippen molar-refractivity contribution in [3.05, 3.63) is 18.3 Å². The van der Waals surface area contributed by atoms with Crippen molar-refractivity contribution in [3.8, 4) is 0 Å². The lowest BCUT2D eigenvalue weighted by atomic mass is 9.98. The zero-order chi connectivity index (χ0) is 14.1. The maximum absolute atomic E-state index is 12.5. The van der Waals surface area contributed by atoms with E-state index in [0.29, 0.717) is 32.4 Å². The Morgan fingerprint density at radius 1 is 1.42 bits per heavy atom. The number of nitrogen functional groups attached to an aromatic ring is 1. The molecule has 1 aliphatic rings. The van der Waals surface area contributed by atoms with Gasteiger partial charge >= 0.3 is 0 Å². The van der Waals surface area contributed by atoms with Crippen molar-refractivity contribution in [2.24, 2.45) is 0 Å². The van der Waals surface area contributed by atoms with E-state index < -0.39 is 15.6 Å². The lowest BCUT2D eigenvalue weighted by Gasteiger charge is -2.22. The van der Waals surface area contributed by atoms with Crippen molar-refractivity contribution in [1.29, 1.82) is 0 Å². The summed E-state index contributed by atoms with van der Waals surface area (Å²) in [6.07, 6.45) is 3.08. The van der Waals surface area contributed by atoms with Crippen LogP contribution in [0.2, 0.25) is 0 Å². The summed E-state index contributed by atoms with van der Waals surface area (Å²) >= 11 is 0. The number of sulfonamides is 1. The second kappa shape index (κ2) is 5.07. The van der Waals surface area contributed by atoms with Crippen LogP contribution in [-0.2, 0) is 10.0 Å². The van der Waals surface area contributed by atoms with Crippen LogP contribution in [0.3, 0.4) is 0 Å². The molecule has 1 unspecified atom stereocenters. The Hall–Kier alpha value is -1.18. The molecule has 1 aromatic rings. The Balaban J connectivity index is 2.25. The summed E-state index contributed by atoms with van der Waals surface area (Å²) < 4.78 is 26.3. The van der Waals surface area contributed by atoms with Gasteiger partial charge in [-0.2, -0.15) is 4.31 Å². The average molecular weight is 285 g/mol. The van der Waals surface area contributed by atoms with E-state index in [1.54, 1.807) is 6.92 Å². The van der Waals surface area contributed by atoms with Crippen molar-refractivity contribution < 1.29 is 13.5 Å². The minimum absolute atomic E-state index is 0.154. The number of pyridine rings is 1. The number of rotatable bonds is 2. The van der Waals surface area contributed by atoms with Crippen LogP contribution < -0.4 is 5.73 Å². The molecule has 0 saturated carbocycles. The highest BCUT2D eigenvalue weighted by Gasteiger charge is 2.31. The molecule has 0 aliphatic carbocycles. The third-order valence-corrected chi connectivity index (χ3v) is 5.31. The second-order valence-electron chi connectivity index (χ2n) is 5.17. The van der Waals surface area contributed by atoms with Gasteiger partial charge in [0, 0.05) is 25.4 Å². The van der Waals surface area contributed by atoms with Gasteiger partial charge in [0.2, 0.25) is 10.0 Å². The van der Waals surface area contributed by atoms with E-state index in [0.717, 1.165) is 0 Å². The zero-order valence-electron chi connectivity index (χ0n) is 10.9. The van der Waals surface area contributed by atoms with E-state index in [-0.39, 0.29) is 10.7 Å². The number of nitrogens with two attached hydrogens (primary N) is 1. The summed E-state index contributed by atoms with van der Waals surface area (Å²) in [5, 5.41) is 10.0. The van der Waals surface area contributed by atoms with Crippen molar-refractivity contribution in [3.63, 3.8) is 0 Å². The van der Waals surface area contributed by atoms with Crippen LogP contribution in [-0.4, -0.2) is 41.5 Å². The highest BCUT2D eigenvalue weighted by molar-refractivity contribution is 7.89. The maximum atomic E-state index is 12.5. The highest BCUT2D eigenvalue weighted by Crippen LogP contribution is 2.25. The molecule has 0 bridgehead atoms. The minimum Gasteiger partial charge on any atom is -0.390 e. The molecule has 3 N–H and O–H groups in total. The number of aromatic nitrogens is 1. The van der Waals surface area contributed by atoms with E-state index in [1.807, 2.05) is 0 Å². The molecule has 1 aromatic heterocycles. The molecule has 1 aliphatic heterocycles. The molecule has 1 saturated heterocycles. The average Bonchev–Trinajstić information content (AvgIpc) is 2.50. The Kier molecular flexibility index (Phi) is 3.80.